The first kappa shape index (κ1) is 34.8. The van der Waals surface area contributed by atoms with E-state index in [0.29, 0.717) is 0 Å². The lowest BCUT2D eigenvalue weighted by molar-refractivity contribution is 0.660. The molecule has 0 bridgehead atoms. The summed E-state index contributed by atoms with van der Waals surface area (Å²) in [4.78, 5) is 10.1. The van der Waals surface area contributed by atoms with Crippen molar-refractivity contribution in [2.24, 2.45) is 0 Å². The minimum absolute atomic E-state index is 0.104. The van der Waals surface area contributed by atoms with Crippen LogP contribution in [0.4, 0.5) is 0 Å². The molecular formula is C58H42N2. The summed E-state index contributed by atoms with van der Waals surface area (Å²) in [5, 5.41) is 6.07. The van der Waals surface area contributed by atoms with Crippen LogP contribution < -0.4 is 0 Å². The van der Waals surface area contributed by atoms with Gasteiger partial charge >= 0.3 is 0 Å². The first-order valence-electron chi connectivity index (χ1n) is 21.1. The molecule has 60 heavy (non-hydrogen) atoms. The highest BCUT2D eigenvalue weighted by Gasteiger charge is 2.37. The van der Waals surface area contributed by atoms with Gasteiger partial charge in [0.2, 0.25) is 0 Å². The Morgan fingerprint density at radius 3 is 1.50 bits per heavy atom. The van der Waals surface area contributed by atoms with Gasteiger partial charge in [0.25, 0.3) is 0 Å². The summed E-state index contributed by atoms with van der Waals surface area (Å²) in [6.45, 7) is 9.48. The van der Waals surface area contributed by atoms with Gasteiger partial charge in [0.1, 0.15) is 0 Å². The van der Waals surface area contributed by atoms with E-state index in [9.17, 15) is 0 Å². The zero-order valence-corrected chi connectivity index (χ0v) is 34.2. The molecule has 0 aliphatic heterocycles. The van der Waals surface area contributed by atoms with E-state index in [1.165, 1.54) is 88.3 Å². The molecule has 2 nitrogen and oxygen atoms in total. The molecule has 2 aliphatic rings. The third-order valence-corrected chi connectivity index (χ3v) is 13.7. The number of fused-ring (bicyclic) bond motifs is 9. The molecule has 0 amide bonds. The van der Waals surface area contributed by atoms with Gasteiger partial charge in [-0.2, -0.15) is 0 Å². The van der Waals surface area contributed by atoms with Crippen LogP contribution in [-0.2, 0) is 10.8 Å². The highest BCUT2D eigenvalue weighted by atomic mass is 14.7. The predicted octanol–water partition coefficient (Wildman–Crippen LogP) is 15.2. The van der Waals surface area contributed by atoms with Crippen LogP contribution in [0, 0.1) is 0 Å². The highest BCUT2D eigenvalue weighted by molar-refractivity contribution is 6.22. The fraction of sp³-hybridized carbons (Fsp3) is 0.103. The summed E-state index contributed by atoms with van der Waals surface area (Å²) < 4.78 is 0. The van der Waals surface area contributed by atoms with E-state index in [4.69, 9.17) is 9.97 Å². The fourth-order valence-corrected chi connectivity index (χ4v) is 10.6. The molecule has 10 aromatic rings. The predicted molar refractivity (Wildman–Crippen MR) is 251 cm³/mol. The number of benzene rings is 8. The number of hydrogen-bond acceptors (Lipinski definition) is 2. The molecule has 2 heterocycles. The maximum absolute atomic E-state index is 5.30. The standard InChI is InChI=1S/C58H42N2/c1-57(2)48-19-10-8-15-40(48)42-27-25-37(32-50(42)57)55-44-17-6-7-18-45(44)56(38-26-28-43-41-16-9-11-20-49(41)58(3,4)51(43)33-38)47-31-36(24-29-46(47)55)53-22-13-23-54(60-53)39-30-35-14-5-12-21-52(35)59-34-39/h5-34H,1-4H3. The van der Waals surface area contributed by atoms with Crippen LogP contribution in [-0.4, -0.2) is 9.97 Å². The van der Waals surface area contributed by atoms with Crippen molar-refractivity contribution in [3.05, 3.63) is 204 Å². The van der Waals surface area contributed by atoms with Gasteiger partial charge in [-0.25, -0.2) is 4.98 Å². The minimum Gasteiger partial charge on any atom is -0.256 e. The number of rotatable bonds is 4. The SMILES string of the molecule is CC1(C)c2ccccc2-c2ccc(-c3c4ccccc4c(-c4ccc5c(c4)C(C)(C)c4ccccc4-5)c4cc(-c5cccc(-c6cnc7ccccc7c6)n5)ccc34)cc21. The van der Waals surface area contributed by atoms with E-state index in [0.717, 1.165) is 33.4 Å². The lowest BCUT2D eigenvalue weighted by Crippen LogP contribution is -2.15. The quantitative estimate of drug-likeness (QED) is 0.167. The molecule has 0 spiro atoms. The van der Waals surface area contributed by atoms with E-state index >= 15 is 0 Å². The molecule has 8 aromatic carbocycles. The van der Waals surface area contributed by atoms with Crippen molar-refractivity contribution in [1.29, 1.82) is 0 Å². The average molecular weight is 767 g/mol. The minimum atomic E-state index is -0.116. The van der Waals surface area contributed by atoms with E-state index in [1.807, 2.05) is 12.3 Å². The van der Waals surface area contributed by atoms with E-state index < -0.39 is 0 Å². The summed E-state index contributed by atoms with van der Waals surface area (Å²) in [5.41, 5.74) is 20.6. The largest absolute Gasteiger partial charge is 0.256 e. The van der Waals surface area contributed by atoms with Crippen LogP contribution >= 0.6 is 0 Å². The lowest BCUT2D eigenvalue weighted by Gasteiger charge is -2.24. The second-order valence-electron chi connectivity index (χ2n) is 17.7. The van der Waals surface area contributed by atoms with Crippen molar-refractivity contribution in [3.8, 4) is 67.0 Å². The van der Waals surface area contributed by atoms with Crippen LogP contribution in [0.15, 0.2) is 182 Å². The average Bonchev–Trinajstić information content (AvgIpc) is 3.66. The Labute approximate surface area is 350 Å². The summed E-state index contributed by atoms with van der Waals surface area (Å²) >= 11 is 0. The fourth-order valence-electron chi connectivity index (χ4n) is 10.6. The molecule has 2 heteroatoms. The first-order valence-corrected chi connectivity index (χ1v) is 21.1. The van der Waals surface area contributed by atoms with Gasteiger partial charge in [0.05, 0.1) is 16.9 Å². The zero-order valence-electron chi connectivity index (χ0n) is 34.2. The number of para-hydroxylation sites is 1. The van der Waals surface area contributed by atoms with Crippen LogP contribution in [0.2, 0.25) is 0 Å². The summed E-state index contributed by atoms with van der Waals surface area (Å²) in [7, 11) is 0. The van der Waals surface area contributed by atoms with Crippen molar-refractivity contribution < 1.29 is 0 Å². The Kier molecular flexibility index (Phi) is 7.36. The van der Waals surface area contributed by atoms with Crippen molar-refractivity contribution in [3.63, 3.8) is 0 Å². The lowest BCUT2D eigenvalue weighted by atomic mass is 9.79. The third kappa shape index (κ3) is 5.01. The Morgan fingerprint density at radius 1 is 0.350 bits per heavy atom. The van der Waals surface area contributed by atoms with Gasteiger partial charge in [-0.05, 0) is 131 Å². The van der Waals surface area contributed by atoms with E-state index in [-0.39, 0.29) is 10.8 Å². The first-order chi connectivity index (χ1) is 29.3. The van der Waals surface area contributed by atoms with Crippen molar-refractivity contribution in [1.82, 2.24) is 9.97 Å². The molecule has 12 rings (SSSR count). The molecule has 0 radical (unpaired) electrons. The Balaban J connectivity index is 1.11. The van der Waals surface area contributed by atoms with Crippen LogP contribution in [0.5, 0.6) is 0 Å². The van der Waals surface area contributed by atoms with Crippen LogP contribution in [0.1, 0.15) is 49.9 Å². The molecule has 0 atom stereocenters. The maximum atomic E-state index is 5.30. The van der Waals surface area contributed by atoms with Gasteiger partial charge < -0.3 is 0 Å². The Morgan fingerprint density at radius 2 is 0.850 bits per heavy atom. The third-order valence-electron chi connectivity index (χ3n) is 13.7. The summed E-state index contributed by atoms with van der Waals surface area (Å²) in [6, 6.07) is 65.0. The summed E-state index contributed by atoms with van der Waals surface area (Å²) in [6.07, 6.45) is 1.94. The van der Waals surface area contributed by atoms with Gasteiger partial charge in [0, 0.05) is 33.5 Å². The van der Waals surface area contributed by atoms with Crippen molar-refractivity contribution >= 4 is 32.4 Å². The molecule has 284 valence electrons. The molecule has 0 saturated heterocycles. The highest BCUT2D eigenvalue weighted by Crippen LogP contribution is 2.53. The van der Waals surface area contributed by atoms with Crippen LogP contribution in [0.25, 0.3) is 99.5 Å². The van der Waals surface area contributed by atoms with E-state index in [1.54, 1.807) is 0 Å². The molecule has 2 aromatic heterocycles. The normalized spacial score (nSPS) is 14.3. The number of aromatic nitrogens is 2. The molecule has 0 N–H and O–H groups in total. The molecule has 0 saturated carbocycles. The van der Waals surface area contributed by atoms with E-state index in [2.05, 4.69) is 198 Å². The molecule has 2 aliphatic carbocycles. The van der Waals surface area contributed by atoms with Gasteiger partial charge in [-0.1, -0.05) is 161 Å². The van der Waals surface area contributed by atoms with Gasteiger partial charge in [-0.3, -0.25) is 4.98 Å². The second kappa shape index (κ2) is 12.7. The van der Waals surface area contributed by atoms with Crippen molar-refractivity contribution in [2.75, 3.05) is 0 Å². The van der Waals surface area contributed by atoms with Crippen LogP contribution in [0.3, 0.4) is 0 Å². The molecular weight excluding hydrogens is 725 g/mol. The van der Waals surface area contributed by atoms with Gasteiger partial charge in [0.15, 0.2) is 0 Å². The van der Waals surface area contributed by atoms with Gasteiger partial charge in [-0.15, -0.1) is 0 Å². The second-order valence-corrected chi connectivity index (χ2v) is 17.7. The topological polar surface area (TPSA) is 25.8 Å². The molecule has 0 fully saturated rings. The number of hydrogen-bond donors (Lipinski definition) is 0. The smallest absolute Gasteiger partial charge is 0.0725 e. The number of nitrogens with zero attached hydrogens (tertiary/aromatic N) is 2. The molecule has 0 unspecified atom stereocenters. The monoisotopic (exact) mass is 766 g/mol. The number of pyridine rings is 2. The zero-order chi connectivity index (χ0) is 40.3. The Bertz CT molecular complexity index is 3440. The Hall–Kier alpha value is -7.16. The summed E-state index contributed by atoms with van der Waals surface area (Å²) in [5.74, 6) is 0. The maximum Gasteiger partial charge on any atom is 0.0725 e. The van der Waals surface area contributed by atoms with Crippen molar-refractivity contribution in [2.45, 2.75) is 38.5 Å².